The van der Waals surface area contributed by atoms with Crippen molar-refractivity contribution in [3.8, 4) is 0 Å². The van der Waals surface area contributed by atoms with Crippen LogP contribution in [-0.4, -0.2) is 30.0 Å². The highest BCUT2D eigenvalue weighted by Crippen LogP contribution is 2.34. The lowest BCUT2D eigenvalue weighted by atomic mass is 9.92. The second-order valence-corrected chi connectivity index (χ2v) is 6.39. The fourth-order valence-corrected chi connectivity index (χ4v) is 3.64. The van der Waals surface area contributed by atoms with E-state index in [1.807, 2.05) is 0 Å². The second-order valence-electron chi connectivity index (χ2n) is 5.19. The first kappa shape index (κ1) is 13.0. The molecule has 0 aliphatic carbocycles. The molecule has 0 bridgehead atoms. The van der Waals surface area contributed by atoms with Crippen LogP contribution in [-0.2, 0) is 12.0 Å². The fraction of sp³-hybridized carbons (Fsp3) is 0.769. The van der Waals surface area contributed by atoms with Crippen molar-refractivity contribution < 1.29 is 0 Å². The van der Waals surface area contributed by atoms with E-state index in [-0.39, 0.29) is 5.54 Å². The number of nitrogens with zero attached hydrogens (tertiary/aromatic N) is 2. The van der Waals surface area contributed by atoms with Gasteiger partial charge in [-0.25, -0.2) is 4.98 Å². The monoisotopic (exact) mass is 253 g/mol. The molecule has 17 heavy (non-hydrogen) atoms. The Morgan fingerprint density at radius 2 is 2.18 bits per heavy atom. The van der Waals surface area contributed by atoms with Gasteiger partial charge in [-0.15, -0.1) is 11.3 Å². The maximum Gasteiger partial charge on any atom is 0.113 e. The first-order valence-electron chi connectivity index (χ1n) is 6.49. The molecule has 1 atom stereocenters. The first-order chi connectivity index (χ1) is 8.05. The van der Waals surface area contributed by atoms with Gasteiger partial charge in [0.05, 0.1) is 11.2 Å². The second kappa shape index (κ2) is 5.04. The van der Waals surface area contributed by atoms with E-state index < -0.39 is 0 Å². The molecule has 2 N–H and O–H groups in total. The van der Waals surface area contributed by atoms with Crippen LogP contribution in [0.1, 0.15) is 41.8 Å². The average Bonchev–Trinajstić information content (AvgIpc) is 2.59. The van der Waals surface area contributed by atoms with Crippen molar-refractivity contribution in [2.24, 2.45) is 5.73 Å². The molecule has 0 aromatic carbocycles. The lowest BCUT2D eigenvalue weighted by molar-refractivity contribution is 0.329. The molecule has 1 fully saturated rings. The molecule has 2 rings (SSSR count). The summed E-state index contributed by atoms with van der Waals surface area (Å²) in [6.45, 7) is 6.56. The number of rotatable bonds is 2. The fourth-order valence-electron chi connectivity index (χ4n) is 2.47. The number of hydrogen-bond acceptors (Lipinski definition) is 4. The van der Waals surface area contributed by atoms with E-state index in [1.54, 1.807) is 11.3 Å². The highest BCUT2D eigenvalue weighted by atomic mass is 32.1. The highest BCUT2D eigenvalue weighted by Gasteiger charge is 2.32. The van der Waals surface area contributed by atoms with Crippen molar-refractivity contribution in [3.05, 3.63) is 15.6 Å². The first-order valence-corrected chi connectivity index (χ1v) is 7.31. The Hall–Kier alpha value is -0.450. The molecule has 1 aromatic heterocycles. The van der Waals surface area contributed by atoms with Crippen molar-refractivity contribution in [2.75, 3.05) is 20.1 Å². The van der Waals surface area contributed by atoms with Gasteiger partial charge in [-0.3, -0.25) is 0 Å². The van der Waals surface area contributed by atoms with Gasteiger partial charge < -0.3 is 10.6 Å². The van der Waals surface area contributed by atoms with Gasteiger partial charge in [0.15, 0.2) is 0 Å². The van der Waals surface area contributed by atoms with E-state index in [2.05, 4.69) is 25.8 Å². The number of nitrogens with two attached hydrogens (primary N) is 1. The summed E-state index contributed by atoms with van der Waals surface area (Å²) in [5, 5.41) is 1.15. The van der Waals surface area contributed by atoms with Gasteiger partial charge >= 0.3 is 0 Å². The Morgan fingerprint density at radius 1 is 1.41 bits per heavy atom. The van der Waals surface area contributed by atoms with Crippen LogP contribution in [0.2, 0.25) is 0 Å². The van der Waals surface area contributed by atoms with E-state index in [0.29, 0.717) is 0 Å². The van der Waals surface area contributed by atoms with Crippen molar-refractivity contribution >= 4 is 11.3 Å². The Balaban J connectivity index is 2.23. The van der Waals surface area contributed by atoms with E-state index in [9.17, 15) is 0 Å². The minimum Gasteiger partial charge on any atom is -0.319 e. The van der Waals surface area contributed by atoms with E-state index in [1.165, 1.54) is 17.0 Å². The lowest BCUT2D eigenvalue weighted by Gasteiger charge is -2.25. The van der Waals surface area contributed by atoms with Gasteiger partial charge in [-0.1, -0.05) is 6.92 Å². The van der Waals surface area contributed by atoms with Crippen molar-refractivity contribution in [1.82, 2.24) is 9.88 Å². The molecular formula is C13H23N3S. The van der Waals surface area contributed by atoms with Crippen LogP contribution in [0.3, 0.4) is 0 Å². The van der Waals surface area contributed by atoms with E-state index in [0.717, 1.165) is 37.4 Å². The molecule has 1 aliphatic rings. The van der Waals surface area contributed by atoms with E-state index >= 15 is 0 Å². The third-order valence-electron chi connectivity index (χ3n) is 3.76. The third-order valence-corrected chi connectivity index (χ3v) is 4.99. The van der Waals surface area contributed by atoms with Crippen molar-refractivity contribution in [2.45, 2.75) is 45.1 Å². The molecular weight excluding hydrogens is 230 g/mol. The zero-order chi connectivity index (χ0) is 12.5. The van der Waals surface area contributed by atoms with Crippen LogP contribution < -0.4 is 5.73 Å². The summed E-state index contributed by atoms with van der Waals surface area (Å²) in [4.78, 5) is 8.47. The number of aryl methyl sites for hydroxylation is 2. The summed E-state index contributed by atoms with van der Waals surface area (Å²) in [7, 11) is 2.18. The Kier molecular flexibility index (Phi) is 3.85. The van der Waals surface area contributed by atoms with Gasteiger partial charge in [-0.2, -0.15) is 0 Å². The number of likely N-dealkylation sites (tertiary alicyclic amines) is 1. The third kappa shape index (κ3) is 2.69. The molecule has 1 aliphatic heterocycles. The largest absolute Gasteiger partial charge is 0.319 e. The normalized spacial score (nSPS) is 27.1. The van der Waals surface area contributed by atoms with Crippen LogP contribution in [0.15, 0.2) is 0 Å². The summed E-state index contributed by atoms with van der Waals surface area (Å²) in [6.07, 6.45) is 4.28. The van der Waals surface area contributed by atoms with Crippen LogP contribution in [0.5, 0.6) is 0 Å². The molecule has 1 saturated heterocycles. The average molecular weight is 253 g/mol. The molecule has 0 amide bonds. The zero-order valence-corrected chi connectivity index (χ0v) is 11.9. The number of aromatic nitrogens is 1. The quantitative estimate of drug-likeness (QED) is 0.879. The van der Waals surface area contributed by atoms with Crippen molar-refractivity contribution in [3.63, 3.8) is 0 Å². The van der Waals surface area contributed by atoms with Gasteiger partial charge in [0.2, 0.25) is 0 Å². The molecule has 0 radical (unpaired) electrons. The molecule has 2 heterocycles. The molecule has 0 spiro atoms. The SMILES string of the molecule is CCc1nc(C2(N)CCCN(C)CC2)sc1C. The Bertz CT molecular complexity index is 388. The van der Waals surface area contributed by atoms with Crippen LogP contribution in [0.4, 0.5) is 0 Å². The van der Waals surface area contributed by atoms with Gasteiger partial charge in [-0.05, 0) is 52.7 Å². The Labute approximate surface area is 108 Å². The summed E-state index contributed by atoms with van der Waals surface area (Å²) in [5.74, 6) is 0. The standard InChI is InChI=1S/C13H23N3S/c1-4-11-10(2)17-12(15-11)13(14)6-5-8-16(3)9-7-13/h4-9,14H2,1-3H3. The van der Waals surface area contributed by atoms with Gasteiger partial charge in [0.25, 0.3) is 0 Å². The summed E-state index contributed by atoms with van der Waals surface area (Å²) in [5.41, 5.74) is 7.64. The number of hydrogen-bond donors (Lipinski definition) is 1. The summed E-state index contributed by atoms with van der Waals surface area (Å²) < 4.78 is 0. The smallest absolute Gasteiger partial charge is 0.113 e. The maximum absolute atomic E-state index is 6.60. The molecule has 0 saturated carbocycles. The van der Waals surface area contributed by atoms with Gasteiger partial charge in [0.1, 0.15) is 5.01 Å². The molecule has 3 nitrogen and oxygen atoms in total. The number of thiazole rings is 1. The van der Waals surface area contributed by atoms with Crippen LogP contribution in [0.25, 0.3) is 0 Å². The lowest BCUT2D eigenvalue weighted by Crippen LogP contribution is -2.37. The highest BCUT2D eigenvalue weighted by molar-refractivity contribution is 7.11. The van der Waals surface area contributed by atoms with Gasteiger partial charge in [0, 0.05) is 4.88 Å². The molecule has 1 aromatic rings. The topological polar surface area (TPSA) is 42.1 Å². The van der Waals surface area contributed by atoms with Crippen LogP contribution in [0, 0.1) is 6.92 Å². The predicted octanol–water partition coefficient (Wildman–Crippen LogP) is 2.28. The summed E-state index contributed by atoms with van der Waals surface area (Å²) >= 11 is 1.80. The minimum atomic E-state index is -0.187. The predicted molar refractivity (Wildman–Crippen MR) is 73.4 cm³/mol. The van der Waals surface area contributed by atoms with E-state index in [4.69, 9.17) is 10.7 Å². The molecule has 4 heteroatoms. The minimum absolute atomic E-state index is 0.187. The zero-order valence-electron chi connectivity index (χ0n) is 11.1. The summed E-state index contributed by atoms with van der Waals surface area (Å²) in [6, 6.07) is 0. The van der Waals surface area contributed by atoms with Crippen molar-refractivity contribution in [1.29, 1.82) is 0 Å². The molecule has 1 unspecified atom stereocenters. The Morgan fingerprint density at radius 3 is 2.82 bits per heavy atom. The van der Waals surface area contributed by atoms with Crippen LogP contribution >= 0.6 is 11.3 Å². The molecule has 96 valence electrons. The maximum atomic E-state index is 6.60.